The lowest BCUT2D eigenvalue weighted by molar-refractivity contribution is -0.116. The molecule has 0 aromatic heterocycles. The normalized spacial score (nSPS) is 17.0. The molecule has 23 heavy (non-hydrogen) atoms. The standard InChI is InChI=1S/C19H21NO3/c21-19(12-11-16-10-5-13-22-16)20-15-6-4-9-18(14-15)23-17-7-2-1-3-8-17/h1-4,6-9,14,16H,5,10-13H2,(H,20,21). The van der Waals surface area contributed by atoms with Gasteiger partial charge in [-0.05, 0) is 43.5 Å². The molecule has 3 rings (SSSR count). The third kappa shape index (κ3) is 4.83. The molecule has 1 unspecified atom stereocenters. The number of benzene rings is 2. The monoisotopic (exact) mass is 311 g/mol. The maximum atomic E-state index is 12.0. The van der Waals surface area contributed by atoms with Gasteiger partial charge in [0, 0.05) is 24.8 Å². The summed E-state index contributed by atoms with van der Waals surface area (Å²) in [5.74, 6) is 1.49. The van der Waals surface area contributed by atoms with Gasteiger partial charge in [-0.3, -0.25) is 4.79 Å². The minimum atomic E-state index is 0.0114. The predicted octanol–water partition coefficient (Wildman–Crippen LogP) is 4.38. The second-order valence-electron chi connectivity index (χ2n) is 5.66. The summed E-state index contributed by atoms with van der Waals surface area (Å²) in [7, 11) is 0. The number of hydrogen-bond acceptors (Lipinski definition) is 3. The van der Waals surface area contributed by atoms with Crippen LogP contribution in [0.5, 0.6) is 11.5 Å². The number of rotatable bonds is 6. The Morgan fingerprint density at radius 1 is 1.13 bits per heavy atom. The maximum Gasteiger partial charge on any atom is 0.224 e. The molecule has 2 aromatic rings. The van der Waals surface area contributed by atoms with Gasteiger partial charge in [-0.2, -0.15) is 0 Å². The summed E-state index contributed by atoms with van der Waals surface area (Å²) in [4.78, 5) is 12.0. The van der Waals surface area contributed by atoms with Gasteiger partial charge in [-0.1, -0.05) is 24.3 Å². The van der Waals surface area contributed by atoms with Crippen molar-refractivity contribution in [2.45, 2.75) is 31.8 Å². The van der Waals surface area contributed by atoms with Crippen LogP contribution in [0.25, 0.3) is 0 Å². The smallest absolute Gasteiger partial charge is 0.224 e. The molecule has 0 spiro atoms. The van der Waals surface area contributed by atoms with Crippen molar-refractivity contribution < 1.29 is 14.3 Å². The largest absolute Gasteiger partial charge is 0.457 e. The van der Waals surface area contributed by atoms with Crippen molar-refractivity contribution in [3.8, 4) is 11.5 Å². The van der Waals surface area contributed by atoms with Gasteiger partial charge in [0.05, 0.1) is 6.10 Å². The second kappa shape index (κ2) is 7.79. The van der Waals surface area contributed by atoms with Crippen LogP contribution in [0.3, 0.4) is 0 Å². The Kier molecular flexibility index (Phi) is 5.27. The molecule has 4 heteroatoms. The zero-order valence-electron chi connectivity index (χ0n) is 13.0. The molecule has 1 heterocycles. The first-order valence-corrected chi connectivity index (χ1v) is 8.04. The third-order valence-electron chi connectivity index (χ3n) is 3.81. The number of anilines is 1. The molecular formula is C19H21NO3. The maximum absolute atomic E-state index is 12.0. The second-order valence-corrected chi connectivity index (χ2v) is 5.66. The zero-order valence-corrected chi connectivity index (χ0v) is 13.0. The summed E-state index contributed by atoms with van der Waals surface area (Å²) in [5.41, 5.74) is 0.746. The molecule has 0 aliphatic carbocycles. The Morgan fingerprint density at radius 2 is 1.96 bits per heavy atom. The molecule has 120 valence electrons. The Hall–Kier alpha value is -2.33. The van der Waals surface area contributed by atoms with Crippen molar-refractivity contribution in [2.24, 2.45) is 0 Å². The van der Waals surface area contributed by atoms with Gasteiger partial charge < -0.3 is 14.8 Å². The average Bonchev–Trinajstić information content (AvgIpc) is 3.08. The lowest BCUT2D eigenvalue weighted by Gasteiger charge is -2.11. The third-order valence-corrected chi connectivity index (χ3v) is 3.81. The van der Waals surface area contributed by atoms with Crippen LogP contribution >= 0.6 is 0 Å². The summed E-state index contributed by atoms with van der Waals surface area (Å²) < 4.78 is 11.3. The molecule has 0 bridgehead atoms. The van der Waals surface area contributed by atoms with Crippen LogP contribution in [0, 0.1) is 0 Å². The Morgan fingerprint density at radius 3 is 2.74 bits per heavy atom. The first-order chi connectivity index (χ1) is 11.3. The number of para-hydroxylation sites is 1. The topological polar surface area (TPSA) is 47.6 Å². The van der Waals surface area contributed by atoms with Gasteiger partial charge in [-0.25, -0.2) is 0 Å². The fourth-order valence-electron chi connectivity index (χ4n) is 2.65. The molecule has 1 aliphatic rings. The Balaban J connectivity index is 1.53. The lowest BCUT2D eigenvalue weighted by atomic mass is 10.1. The number of carbonyl (C=O) groups is 1. The summed E-state index contributed by atoms with van der Waals surface area (Å²) in [6.45, 7) is 0.825. The number of hydrogen-bond donors (Lipinski definition) is 1. The van der Waals surface area contributed by atoms with E-state index in [4.69, 9.17) is 9.47 Å². The quantitative estimate of drug-likeness (QED) is 0.861. The van der Waals surface area contributed by atoms with Gasteiger partial charge in [0.1, 0.15) is 11.5 Å². The van der Waals surface area contributed by atoms with Crippen molar-refractivity contribution in [1.82, 2.24) is 0 Å². The zero-order chi connectivity index (χ0) is 15.9. The molecule has 0 saturated carbocycles. The van der Waals surface area contributed by atoms with Crippen molar-refractivity contribution >= 4 is 11.6 Å². The average molecular weight is 311 g/mol. The molecule has 1 aliphatic heterocycles. The van der Waals surface area contributed by atoms with Crippen LogP contribution in [-0.2, 0) is 9.53 Å². The molecular weight excluding hydrogens is 290 g/mol. The molecule has 2 aromatic carbocycles. The summed E-state index contributed by atoms with van der Waals surface area (Å²) in [6.07, 6.45) is 3.67. The fraction of sp³-hybridized carbons (Fsp3) is 0.316. The van der Waals surface area contributed by atoms with E-state index in [1.165, 1.54) is 0 Å². The molecule has 1 fully saturated rings. The fourth-order valence-corrected chi connectivity index (χ4v) is 2.65. The molecule has 1 atom stereocenters. The van der Waals surface area contributed by atoms with Crippen molar-refractivity contribution in [1.29, 1.82) is 0 Å². The molecule has 1 N–H and O–H groups in total. The van der Waals surface area contributed by atoms with Gasteiger partial charge >= 0.3 is 0 Å². The number of carbonyl (C=O) groups excluding carboxylic acids is 1. The van der Waals surface area contributed by atoms with Gasteiger partial charge in [0.25, 0.3) is 0 Å². The van der Waals surface area contributed by atoms with Crippen molar-refractivity contribution in [3.05, 3.63) is 54.6 Å². The number of ether oxygens (including phenoxy) is 2. The van der Waals surface area contributed by atoms with Crippen LogP contribution in [0.2, 0.25) is 0 Å². The van der Waals surface area contributed by atoms with E-state index >= 15 is 0 Å². The summed E-state index contributed by atoms with van der Waals surface area (Å²) >= 11 is 0. The minimum absolute atomic E-state index is 0.0114. The van der Waals surface area contributed by atoms with E-state index in [0.717, 1.165) is 37.3 Å². The van der Waals surface area contributed by atoms with Crippen molar-refractivity contribution in [3.63, 3.8) is 0 Å². The molecule has 1 amide bonds. The highest BCUT2D eigenvalue weighted by Gasteiger charge is 2.16. The SMILES string of the molecule is O=C(CCC1CCCO1)Nc1cccc(Oc2ccccc2)c1. The first-order valence-electron chi connectivity index (χ1n) is 8.04. The number of nitrogens with one attached hydrogen (secondary N) is 1. The lowest BCUT2D eigenvalue weighted by Crippen LogP contribution is -2.15. The highest BCUT2D eigenvalue weighted by atomic mass is 16.5. The summed E-state index contributed by atoms with van der Waals surface area (Å²) in [5, 5.41) is 2.92. The summed E-state index contributed by atoms with van der Waals surface area (Å²) in [6, 6.07) is 17.0. The van der Waals surface area contributed by atoms with E-state index < -0.39 is 0 Å². The van der Waals surface area contributed by atoms with Crippen LogP contribution in [0.4, 0.5) is 5.69 Å². The van der Waals surface area contributed by atoms with E-state index in [1.807, 2.05) is 54.6 Å². The first kappa shape index (κ1) is 15.6. The Labute approximate surface area is 136 Å². The number of amides is 1. The Bertz CT molecular complexity index is 636. The van der Waals surface area contributed by atoms with Gasteiger partial charge in [0.15, 0.2) is 0 Å². The molecule has 1 saturated heterocycles. The molecule has 0 radical (unpaired) electrons. The van der Waals surface area contributed by atoms with Crippen LogP contribution in [-0.4, -0.2) is 18.6 Å². The van der Waals surface area contributed by atoms with E-state index in [2.05, 4.69) is 5.32 Å². The van der Waals surface area contributed by atoms with E-state index in [-0.39, 0.29) is 12.0 Å². The highest BCUT2D eigenvalue weighted by molar-refractivity contribution is 5.90. The minimum Gasteiger partial charge on any atom is -0.457 e. The van der Waals surface area contributed by atoms with Crippen LogP contribution in [0.15, 0.2) is 54.6 Å². The van der Waals surface area contributed by atoms with E-state index in [1.54, 1.807) is 0 Å². The van der Waals surface area contributed by atoms with Gasteiger partial charge in [-0.15, -0.1) is 0 Å². The van der Waals surface area contributed by atoms with Crippen molar-refractivity contribution in [2.75, 3.05) is 11.9 Å². The van der Waals surface area contributed by atoms with Crippen LogP contribution < -0.4 is 10.1 Å². The molecule has 4 nitrogen and oxygen atoms in total. The van der Waals surface area contributed by atoms with Gasteiger partial charge in [0.2, 0.25) is 5.91 Å². The highest BCUT2D eigenvalue weighted by Crippen LogP contribution is 2.24. The van der Waals surface area contributed by atoms with E-state index in [0.29, 0.717) is 12.2 Å². The van der Waals surface area contributed by atoms with Crippen LogP contribution in [0.1, 0.15) is 25.7 Å². The predicted molar refractivity (Wildman–Crippen MR) is 89.8 cm³/mol. The van der Waals surface area contributed by atoms with E-state index in [9.17, 15) is 4.79 Å².